The van der Waals surface area contributed by atoms with Crippen LogP contribution in [-0.4, -0.2) is 21.1 Å². The van der Waals surface area contributed by atoms with E-state index in [0.717, 1.165) is 16.3 Å². The molecule has 2 aromatic carbocycles. The van der Waals surface area contributed by atoms with Gasteiger partial charge in [-0.15, -0.1) is 21.5 Å². The van der Waals surface area contributed by atoms with Crippen molar-refractivity contribution in [1.29, 1.82) is 0 Å². The third-order valence-corrected chi connectivity index (χ3v) is 6.48. The van der Waals surface area contributed by atoms with E-state index in [1.54, 1.807) is 29.5 Å². The molecule has 6 nitrogen and oxygen atoms in total. The Morgan fingerprint density at radius 2 is 1.90 bits per heavy atom. The summed E-state index contributed by atoms with van der Waals surface area (Å²) in [4.78, 5) is 17.5. The Bertz CT molecular complexity index is 1180. The van der Waals surface area contributed by atoms with Crippen LogP contribution in [0.5, 0.6) is 0 Å². The van der Waals surface area contributed by atoms with Crippen LogP contribution in [0.15, 0.2) is 63.6 Å². The summed E-state index contributed by atoms with van der Waals surface area (Å²) in [5.74, 6) is 0.186. The SMILES string of the molecule is Cc1nc(Cc2nnc(SC(C(=O)Nc3cc(Cl)cc(Cl)c3)c3ccccc3)o2)cs1. The average Bonchev–Trinajstić information content (AvgIpc) is 3.34. The van der Waals surface area contributed by atoms with Gasteiger partial charge >= 0.3 is 0 Å². The molecular formula is C21H16Cl2N4O2S2. The lowest BCUT2D eigenvalue weighted by Gasteiger charge is -2.15. The number of rotatable bonds is 7. The van der Waals surface area contributed by atoms with Crippen molar-refractivity contribution in [3.05, 3.63) is 86.1 Å². The third-order valence-electron chi connectivity index (χ3n) is 4.14. The number of thioether (sulfide) groups is 1. The molecule has 31 heavy (non-hydrogen) atoms. The standard InChI is InChI=1S/C21H16Cl2N4O2S2/c1-12-24-17(11-30-12)10-18-26-27-21(29-18)31-19(13-5-3-2-4-6-13)20(28)25-16-8-14(22)7-15(23)9-16/h2-9,11,19H,10H2,1H3,(H,25,28). The number of carbonyl (C=O) groups is 1. The second kappa shape index (κ2) is 9.82. The highest BCUT2D eigenvalue weighted by molar-refractivity contribution is 8.00. The van der Waals surface area contributed by atoms with Crippen molar-refractivity contribution in [3.63, 3.8) is 0 Å². The van der Waals surface area contributed by atoms with Gasteiger partial charge in [-0.2, -0.15) is 0 Å². The van der Waals surface area contributed by atoms with Crippen LogP contribution in [0, 0.1) is 6.92 Å². The summed E-state index contributed by atoms with van der Waals surface area (Å²) in [6.45, 7) is 1.94. The highest BCUT2D eigenvalue weighted by atomic mass is 35.5. The van der Waals surface area contributed by atoms with Gasteiger partial charge in [0, 0.05) is 21.1 Å². The summed E-state index contributed by atoms with van der Waals surface area (Å²) in [5, 5.41) is 14.6. The van der Waals surface area contributed by atoms with E-state index in [2.05, 4.69) is 20.5 Å². The topological polar surface area (TPSA) is 80.9 Å². The molecule has 0 spiro atoms. The van der Waals surface area contributed by atoms with Crippen molar-refractivity contribution >= 4 is 57.9 Å². The number of nitrogens with zero attached hydrogens (tertiary/aromatic N) is 3. The van der Waals surface area contributed by atoms with E-state index in [4.69, 9.17) is 27.6 Å². The molecule has 0 saturated heterocycles. The molecule has 4 aromatic rings. The van der Waals surface area contributed by atoms with Gasteiger partial charge in [0.05, 0.1) is 17.1 Å². The predicted molar refractivity (Wildman–Crippen MR) is 124 cm³/mol. The second-order valence-electron chi connectivity index (χ2n) is 6.55. The maximum atomic E-state index is 13.1. The van der Waals surface area contributed by atoms with Gasteiger partial charge < -0.3 is 9.73 Å². The number of anilines is 1. The molecule has 1 N–H and O–H groups in total. The van der Waals surface area contributed by atoms with Gasteiger partial charge in [0.2, 0.25) is 11.8 Å². The van der Waals surface area contributed by atoms with E-state index in [1.165, 1.54) is 11.8 Å². The smallest absolute Gasteiger partial charge is 0.277 e. The normalized spacial score (nSPS) is 12.0. The first kappa shape index (κ1) is 21.8. The quantitative estimate of drug-likeness (QED) is 0.310. The Hall–Kier alpha value is -2.39. The maximum absolute atomic E-state index is 13.1. The molecule has 1 amide bonds. The third kappa shape index (κ3) is 5.86. The molecule has 10 heteroatoms. The van der Waals surface area contributed by atoms with E-state index in [9.17, 15) is 4.79 Å². The fourth-order valence-electron chi connectivity index (χ4n) is 2.84. The first-order chi connectivity index (χ1) is 15.0. The molecule has 158 valence electrons. The summed E-state index contributed by atoms with van der Waals surface area (Å²) in [5.41, 5.74) is 2.18. The highest BCUT2D eigenvalue weighted by Crippen LogP contribution is 2.36. The van der Waals surface area contributed by atoms with E-state index in [1.807, 2.05) is 42.6 Å². The van der Waals surface area contributed by atoms with Crippen molar-refractivity contribution in [2.45, 2.75) is 23.8 Å². The second-order valence-corrected chi connectivity index (χ2v) is 9.54. The van der Waals surface area contributed by atoms with Crippen molar-refractivity contribution in [2.75, 3.05) is 5.32 Å². The minimum atomic E-state index is -0.617. The van der Waals surface area contributed by atoms with Crippen LogP contribution in [0.2, 0.25) is 10.0 Å². The molecule has 0 saturated carbocycles. The summed E-state index contributed by atoms with van der Waals surface area (Å²) in [6, 6.07) is 14.3. The van der Waals surface area contributed by atoms with Crippen LogP contribution >= 0.6 is 46.3 Å². The van der Waals surface area contributed by atoms with Crippen molar-refractivity contribution in [3.8, 4) is 0 Å². The number of hydrogen-bond acceptors (Lipinski definition) is 7. The van der Waals surface area contributed by atoms with Gasteiger partial charge in [-0.25, -0.2) is 4.98 Å². The maximum Gasteiger partial charge on any atom is 0.277 e. The minimum absolute atomic E-state index is 0.260. The number of halogens is 2. The van der Waals surface area contributed by atoms with Crippen molar-refractivity contribution in [2.24, 2.45) is 0 Å². The molecular weight excluding hydrogens is 475 g/mol. The summed E-state index contributed by atoms with van der Waals surface area (Å²) in [6.07, 6.45) is 0.446. The molecule has 0 fully saturated rings. The van der Waals surface area contributed by atoms with Gasteiger partial charge in [-0.05, 0) is 42.4 Å². The molecule has 0 radical (unpaired) electrons. The molecule has 1 atom stereocenters. The number of thiazole rings is 1. The number of carbonyl (C=O) groups excluding carboxylic acids is 1. The van der Waals surface area contributed by atoms with Gasteiger partial charge in [0.1, 0.15) is 5.25 Å². The first-order valence-electron chi connectivity index (χ1n) is 9.18. The zero-order chi connectivity index (χ0) is 21.8. The van der Waals surface area contributed by atoms with Crippen LogP contribution in [0.3, 0.4) is 0 Å². The number of aromatic nitrogens is 3. The largest absolute Gasteiger partial charge is 0.416 e. The molecule has 1 unspecified atom stereocenters. The number of hydrogen-bond donors (Lipinski definition) is 1. The van der Waals surface area contributed by atoms with Crippen molar-refractivity contribution in [1.82, 2.24) is 15.2 Å². The van der Waals surface area contributed by atoms with Crippen LogP contribution in [-0.2, 0) is 11.2 Å². The molecule has 4 rings (SSSR count). The number of amides is 1. The Morgan fingerprint density at radius 3 is 2.58 bits per heavy atom. The molecule has 2 heterocycles. The molecule has 2 aromatic heterocycles. The average molecular weight is 491 g/mol. The monoisotopic (exact) mass is 490 g/mol. The number of nitrogens with one attached hydrogen (secondary N) is 1. The van der Waals surface area contributed by atoms with Crippen LogP contribution in [0.1, 0.15) is 27.4 Å². The number of aryl methyl sites for hydroxylation is 1. The highest BCUT2D eigenvalue weighted by Gasteiger charge is 2.25. The van der Waals surface area contributed by atoms with Gasteiger partial charge in [-0.3, -0.25) is 4.79 Å². The van der Waals surface area contributed by atoms with Gasteiger partial charge in [0.25, 0.3) is 5.22 Å². The van der Waals surface area contributed by atoms with E-state index < -0.39 is 5.25 Å². The van der Waals surface area contributed by atoms with Crippen molar-refractivity contribution < 1.29 is 9.21 Å². The zero-order valence-corrected chi connectivity index (χ0v) is 19.4. The van der Waals surface area contributed by atoms with E-state index >= 15 is 0 Å². The van der Waals surface area contributed by atoms with E-state index in [-0.39, 0.29) is 5.91 Å². The Kier molecular flexibility index (Phi) is 6.92. The van der Waals surface area contributed by atoms with Gasteiger partial charge in [0.15, 0.2) is 0 Å². The lowest BCUT2D eigenvalue weighted by Crippen LogP contribution is -2.19. The first-order valence-corrected chi connectivity index (χ1v) is 11.7. The summed E-state index contributed by atoms with van der Waals surface area (Å²) >= 11 is 14.8. The molecule has 0 aliphatic rings. The zero-order valence-electron chi connectivity index (χ0n) is 16.2. The van der Waals surface area contributed by atoms with Gasteiger partial charge in [-0.1, -0.05) is 53.5 Å². The number of benzene rings is 2. The molecule has 0 bridgehead atoms. The van der Waals surface area contributed by atoms with Crippen LogP contribution in [0.4, 0.5) is 5.69 Å². The Labute approximate surface area is 197 Å². The minimum Gasteiger partial charge on any atom is -0.416 e. The fourth-order valence-corrected chi connectivity index (χ4v) is 4.87. The Morgan fingerprint density at radius 1 is 1.16 bits per heavy atom. The van der Waals surface area contributed by atoms with Crippen LogP contribution in [0.25, 0.3) is 0 Å². The fraction of sp³-hybridized carbons (Fsp3) is 0.143. The molecule has 0 aliphatic heterocycles. The Balaban J connectivity index is 1.54. The molecule has 0 aliphatic carbocycles. The lowest BCUT2D eigenvalue weighted by atomic mass is 10.1. The van der Waals surface area contributed by atoms with Crippen LogP contribution < -0.4 is 5.32 Å². The summed E-state index contributed by atoms with van der Waals surface area (Å²) < 4.78 is 5.77. The predicted octanol–water partition coefficient (Wildman–Crippen LogP) is 6.20. The lowest BCUT2D eigenvalue weighted by molar-refractivity contribution is -0.115. The summed E-state index contributed by atoms with van der Waals surface area (Å²) in [7, 11) is 0. The van der Waals surface area contributed by atoms with E-state index in [0.29, 0.717) is 33.3 Å².